The number of carbonyl (C=O) groups is 1. The Morgan fingerprint density at radius 1 is 1.17 bits per heavy atom. The topological polar surface area (TPSA) is 83.2 Å². The summed E-state index contributed by atoms with van der Waals surface area (Å²) in [5.74, 6) is 1.82. The summed E-state index contributed by atoms with van der Waals surface area (Å²) in [6.07, 6.45) is 3.45. The summed E-state index contributed by atoms with van der Waals surface area (Å²) < 4.78 is 14.6. The zero-order valence-corrected chi connectivity index (χ0v) is 16.5. The van der Waals surface area contributed by atoms with Crippen LogP contribution >= 0.6 is 0 Å². The number of benzene rings is 2. The van der Waals surface area contributed by atoms with Gasteiger partial charge in [-0.2, -0.15) is 5.10 Å². The minimum atomic E-state index is -0.239. The zero-order chi connectivity index (χ0) is 20.5. The van der Waals surface area contributed by atoms with Gasteiger partial charge < -0.3 is 19.4 Å². The molecule has 0 unspecified atom stereocenters. The fraction of sp³-hybridized carbons (Fsp3) is 0.227. The summed E-state index contributed by atoms with van der Waals surface area (Å²) in [7, 11) is 0. The molecule has 1 atom stereocenters. The number of imidazole rings is 1. The predicted molar refractivity (Wildman–Crippen MR) is 111 cm³/mol. The van der Waals surface area contributed by atoms with Crippen LogP contribution in [0.3, 0.4) is 0 Å². The second kappa shape index (κ2) is 7.55. The van der Waals surface area contributed by atoms with Gasteiger partial charge in [-0.1, -0.05) is 25.1 Å². The van der Waals surface area contributed by atoms with Crippen LogP contribution in [-0.4, -0.2) is 32.0 Å². The highest BCUT2D eigenvalue weighted by Gasteiger charge is 2.18. The largest absolute Gasteiger partial charge is 0.454 e. The minimum Gasteiger partial charge on any atom is -0.454 e. The lowest BCUT2D eigenvalue weighted by Crippen LogP contribution is -2.25. The second-order valence-corrected chi connectivity index (χ2v) is 7.34. The average Bonchev–Trinajstić information content (AvgIpc) is 3.49. The van der Waals surface area contributed by atoms with E-state index in [1.165, 1.54) is 0 Å². The van der Waals surface area contributed by atoms with Gasteiger partial charge in [0.15, 0.2) is 11.5 Å². The molecule has 0 saturated carbocycles. The maximum atomic E-state index is 12.8. The highest BCUT2D eigenvalue weighted by atomic mass is 16.7. The first-order chi connectivity index (χ1) is 14.7. The van der Waals surface area contributed by atoms with Gasteiger partial charge in [0, 0.05) is 12.6 Å². The van der Waals surface area contributed by atoms with E-state index in [4.69, 9.17) is 9.47 Å². The van der Waals surface area contributed by atoms with Crippen LogP contribution in [0.5, 0.6) is 11.5 Å². The Morgan fingerprint density at radius 3 is 2.97 bits per heavy atom. The molecule has 1 aliphatic rings. The third kappa shape index (κ3) is 3.47. The molecule has 30 heavy (non-hydrogen) atoms. The van der Waals surface area contributed by atoms with E-state index in [0.29, 0.717) is 18.9 Å². The molecule has 0 bridgehead atoms. The Kier molecular flexibility index (Phi) is 4.59. The summed E-state index contributed by atoms with van der Waals surface area (Å²) in [6.45, 7) is 3.21. The van der Waals surface area contributed by atoms with Crippen LogP contribution in [0, 0.1) is 5.92 Å². The van der Waals surface area contributed by atoms with Gasteiger partial charge in [-0.3, -0.25) is 4.79 Å². The minimum absolute atomic E-state index is 0.0692. The highest BCUT2D eigenvalue weighted by molar-refractivity contribution is 5.91. The summed E-state index contributed by atoms with van der Waals surface area (Å²) in [5, 5.41) is 7.34. The van der Waals surface area contributed by atoms with E-state index in [1.807, 2.05) is 54.0 Å². The number of anilines is 1. The Hall–Kier alpha value is -3.81. The molecule has 0 spiro atoms. The van der Waals surface area contributed by atoms with Crippen molar-refractivity contribution >= 4 is 22.8 Å². The van der Waals surface area contributed by atoms with Crippen LogP contribution in [0.25, 0.3) is 11.0 Å². The number of carbonyl (C=O) groups excluding carboxylic acids is 1. The van der Waals surface area contributed by atoms with Crippen molar-refractivity contribution in [2.45, 2.75) is 20.0 Å². The normalized spacial score (nSPS) is 13.5. The summed E-state index contributed by atoms with van der Waals surface area (Å²) in [4.78, 5) is 17.2. The molecule has 1 amide bonds. The molecule has 5 rings (SSSR count). The molecule has 3 heterocycles. The molecule has 4 aromatic rings. The van der Waals surface area contributed by atoms with Gasteiger partial charge in [-0.05, 0) is 29.8 Å². The smallest absolute Gasteiger partial charge is 0.231 e. The van der Waals surface area contributed by atoms with E-state index >= 15 is 0 Å². The van der Waals surface area contributed by atoms with Gasteiger partial charge in [-0.15, -0.1) is 0 Å². The van der Waals surface area contributed by atoms with Gasteiger partial charge in [0.2, 0.25) is 12.7 Å². The van der Waals surface area contributed by atoms with Crippen LogP contribution in [0.4, 0.5) is 5.82 Å². The van der Waals surface area contributed by atoms with Crippen LogP contribution in [0.15, 0.2) is 61.1 Å². The van der Waals surface area contributed by atoms with Crippen molar-refractivity contribution in [1.29, 1.82) is 0 Å². The van der Waals surface area contributed by atoms with E-state index in [-0.39, 0.29) is 18.6 Å². The van der Waals surface area contributed by atoms with Crippen LogP contribution in [-0.2, 0) is 17.9 Å². The number of hydrogen-bond acceptors (Lipinski definition) is 5. The number of aromatic nitrogens is 4. The lowest BCUT2D eigenvalue weighted by molar-refractivity contribution is -0.119. The van der Waals surface area contributed by atoms with Gasteiger partial charge in [-0.25, -0.2) is 9.67 Å². The molecule has 0 fully saturated rings. The zero-order valence-electron chi connectivity index (χ0n) is 16.5. The highest BCUT2D eigenvalue weighted by Crippen LogP contribution is 2.32. The monoisotopic (exact) mass is 403 g/mol. The van der Waals surface area contributed by atoms with Gasteiger partial charge in [0.25, 0.3) is 0 Å². The van der Waals surface area contributed by atoms with Crippen molar-refractivity contribution in [3.8, 4) is 11.5 Å². The lowest BCUT2D eigenvalue weighted by Gasteiger charge is -2.15. The average molecular weight is 403 g/mol. The Morgan fingerprint density at radius 2 is 2.03 bits per heavy atom. The number of nitrogens with zero attached hydrogens (tertiary/aromatic N) is 4. The first-order valence-corrected chi connectivity index (χ1v) is 9.78. The molecule has 0 radical (unpaired) electrons. The van der Waals surface area contributed by atoms with Crippen LogP contribution < -0.4 is 14.8 Å². The maximum absolute atomic E-state index is 12.8. The number of fused-ring (bicyclic) bond motifs is 2. The van der Waals surface area contributed by atoms with Crippen LogP contribution in [0.2, 0.25) is 0 Å². The molecule has 152 valence electrons. The lowest BCUT2D eigenvalue weighted by atomic mass is 10.1. The second-order valence-electron chi connectivity index (χ2n) is 7.34. The fourth-order valence-electron chi connectivity index (χ4n) is 3.56. The summed E-state index contributed by atoms with van der Waals surface area (Å²) in [5.41, 5.74) is 2.95. The number of rotatable bonds is 6. The molecular weight excluding hydrogens is 382 g/mol. The molecule has 8 nitrogen and oxygen atoms in total. The fourth-order valence-corrected chi connectivity index (χ4v) is 3.56. The van der Waals surface area contributed by atoms with Gasteiger partial charge in [0.1, 0.15) is 5.82 Å². The molecule has 0 saturated heterocycles. The third-order valence-corrected chi connectivity index (χ3v) is 5.18. The first kappa shape index (κ1) is 18.2. The van der Waals surface area contributed by atoms with Gasteiger partial charge in [0.05, 0.1) is 36.0 Å². The number of ether oxygens (including phenoxy) is 2. The quantitative estimate of drug-likeness (QED) is 0.534. The van der Waals surface area contributed by atoms with Crippen molar-refractivity contribution in [3.63, 3.8) is 0 Å². The molecule has 2 aromatic heterocycles. The van der Waals surface area contributed by atoms with E-state index in [1.54, 1.807) is 23.3 Å². The Balaban J connectivity index is 1.27. The Bertz CT molecular complexity index is 1210. The molecule has 1 aliphatic heterocycles. The van der Waals surface area contributed by atoms with E-state index in [0.717, 1.165) is 28.1 Å². The third-order valence-electron chi connectivity index (χ3n) is 5.18. The van der Waals surface area contributed by atoms with Crippen molar-refractivity contribution in [1.82, 2.24) is 19.3 Å². The van der Waals surface area contributed by atoms with Crippen molar-refractivity contribution in [2.75, 3.05) is 12.1 Å². The maximum Gasteiger partial charge on any atom is 0.231 e. The van der Waals surface area contributed by atoms with E-state index in [9.17, 15) is 4.79 Å². The first-order valence-electron chi connectivity index (χ1n) is 9.78. The Labute approximate surface area is 173 Å². The molecule has 8 heteroatoms. The number of hydrogen-bond donors (Lipinski definition) is 1. The van der Waals surface area contributed by atoms with E-state index in [2.05, 4.69) is 15.4 Å². The summed E-state index contributed by atoms with van der Waals surface area (Å²) in [6, 6.07) is 15.5. The molecular formula is C22H21N5O3. The molecule has 2 aromatic carbocycles. The summed E-state index contributed by atoms with van der Waals surface area (Å²) >= 11 is 0. The SMILES string of the molecule is C[C@H](Cn1cnc2ccccc21)C(=O)Nc1ccnn1Cc1ccc2c(c1)OCO2. The number of para-hydroxylation sites is 2. The molecule has 1 N–H and O–H groups in total. The van der Waals surface area contributed by atoms with E-state index < -0.39 is 0 Å². The predicted octanol–water partition coefficient (Wildman–Crippen LogP) is 3.28. The van der Waals surface area contributed by atoms with Crippen molar-refractivity contribution in [3.05, 3.63) is 66.6 Å². The molecule has 0 aliphatic carbocycles. The van der Waals surface area contributed by atoms with Crippen molar-refractivity contribution < 1.29 is 14.3 Å². The van der Waals surface area contributed by atoms with Crippen LogP contribution in [0.1, 0.15) is 12.5 Å². The number of nitrogens with one attached hydrogen (secondary N) is 1. The number of amides is 1. The van der Waals surface area contributed by atoms with Gasteiger partial charge >= 0.3 is 0 Å². The standard InChI is InChI=1S/C22H21N5O3/c1-15(11-26-13-23-17-4-2-3-5-18(17)26)22(28)25-21-8-9-24-27(21)12-16-6-7-19-20(10-16)30-14-29-19/h2-10,13,15H,11-12,14H2,1H3,(H,25,28)/t15-/m1/s1. The van der Waals surface area contributed by atoms with Crippen molar-refractivity contribution in [2.24, 2.45) is 5.92 Å².